The molecule has 2 unspecified atom stereocenters. The summed E-state index contributed by atoms with van der Waals surface area (Å²) >= 11 is 0. The molecule has 0 spiro atoms. The van der Waals surface area contributed by atoms with Gasteiger partial charge in [0.15, 0.2) is 0 Å². The van der Waals surface area contributed by atoms with E-state index in [0.29, 0.717) is 37.1 Å². The van der Waals surface area contributed by atoms with Crippen molar-refractivity contribution in [2.24, 2.45) is 5.73 Å². The van der Waals surface area contributed by atoms with Crippen LogP contribution in [0.5, 0.6) is 5.75 Å². The van der Waals surface area contributed by atoms with Crippen molar-refractivity contribution in [1.82, 2.24) is 9.88 Å². The first-order chi connectivity index (χ1) is 16.9. The molecular formula is C27H35N3O5. The van der Waals surface area contributed by atoms with Crippen molar-refractivity contribution >= 4 is 12.4 Å². The predicted molar refractivity (Wildman–Crippen MR) is 139 cm³/mol. The summed E-state index contributed by atoms with van der Waals surface area (Å²) in [7, 11) is 1.57. The second-order valence-electron chi connectivity index (χ2n) is 7.54. The number of carbonyl (C=O) groups is 2. The summed E-state index contributed by atoms with van der Waals surface area (Å²) in [6.07, 6.45) is 10.8. The van der Waals surface area contributed by atoms with Crippen LogP contribution >= 0.6 is 0 Å². The molecule has 0 saturated carbocycles. The van der Waals surface area contributed by atoms with Gasteiger partial charge in [0.2, 0.25) is 6.41 Å². The number of pyridine rings is 1. The zero-order valence-electron chi connectivity index (χ0n) is 20.5. The van der Waals surface area contributed by atoms with Crippen LogP contribution in [-0.4, -0.2) is 41.7 Å². The van der Waals surface area contributed by atoms with Crippen molar-refractivity contribution in [3.8, 4) is 5.75 Å². The molecule has 2 aromatic rings. The first kappa shape index (κ1) is 29.1. The average molecular weight is 482 g/mol. The van der Waals surface area contributed by atoms with E-state index in [1.165, 1.54) is 0 Å². The van der Waals surface area contributed by atoms with Gasteiger partial charge in [-0.15, -0.1) is 0 Å². The molecule has 0 aliphatic heterocycles. The highest BCUT2D eigenvalue weighted by Gasteiger charge is 2.19. The molecule has 2 rings (SSSR count). The SMILES string of the molecule is C=C/C=C(\C=C/C)C(c1ccccc1)n1ccc(OC)c(C)c1=O.NCCCC(NC=O)C(=O)O. The van der Waals surface area contributed by atoms with E-state index in [2.05, 4.69) is 11.9 Å². The second kappa shape index (κ2) is 15.8. The molecule has 8 nitrogen and oxygen atoms in total. The van der Waals surface area contributed by atoms with Crippen LogP contribution in [0.4, 0.5) is 0 Å². The summed E-state index contributed by atoms with van der Waals surface area (Å²) < 4.78 is 7.00. The van der Waals surface area contributed by atoms with Gasteiger partial charge in [-0.2, -0.15) is 0 Å². The van der Waals surface area contributed by atoms with Crippen molar-refractivity contribution < 1.29 is 19.4 Å². The van der Waals surface area contributed by atoms with Crippen LogP contribution < -0.4 is 21.3 Å². The van der Waals surface area contributed by atoms with Crippen LogP contribution in [0.2, 0.25) is 0 Å². The van der Waals surface area contributed by atoms with Crippen molar-refractivity contribution in [1.29, 1.82) is 0 Å². The number of carboxylic acids is 1. The number of allylic oxidation sites excluding steroid dienone is 5. The summed E-state index contributed by atoms with van der Waals surface area (Å²) in [4.78, 5) is 33.1. The van der Waals surface area contributed by atoms with Gasteiger partial charge in [-0.1, -0.05) is 61.2 Å². The number of ether oxygens (including phenoxy) is 1. The van der Waals surface area contributed by atoms with Gasteiger partial charge in [0.1, 0.15) is 11.8 Å². The molecular weight excluding hydrogens is 446 g/mol. The molecule has 1 aromatic carbocycles. The molecule has 0 saturated heterocycles. The number of hydrogen-bond donors (Lipinski definition) is 3. The largest absolute Gasteiger partial charge is 0.496 e. The lowest BCUT2D eigenvalue weighted by atomic mass is 9.97. The Morgan fingerprint density at radius 3 is 2.49 bits per heavy atom. The van der Waals surface area contributed by atoms with E-state index in [1.54, 1.807) is 30.9 Å². The molecule has 4 N–H and O–H groups in total. The highest BCUT2D eigenvalue weighted by molar-refractivity contribution is 5.76. The fourth-order valence-corrected chi connectivity index (χ4v) is 3.46. The Morgan fingerprint density at radius 2 is 1.97 bits per heavy atom. The third kappa shape index (κ3) is 8.75. The summed E-state index contributed by atoms with van der Waals surface area (Å²) in [5.74, 6) is -0.422. The maximum absolute atomic E-state index is 12.9. The maximum atomic E-state index is 12.9. The Hall–Kier alpha value is -3.91. The van der Waals surface area contributed by atoms with E-state index >= 15 is 0 Å². The van der Waals surface area contributed by atoms with Gasteiger partial charge in [-0.05, 0) is 50.4 Å². The van der Waals surface area contributed by atoms with Crippen molar-refractivity contribution in [3.05, 3.63) is 101 Å². The summed E-state index contributed by atoms with van der Waals surface area (Å²) in [6.45, 7) is 7.98. The summed E-state index contributed by atoms with van der Waals surface area (Å²) in [5, 5.41) is 10.6. The molecule has 0 aliphatic carbocycles. The minimum atomic E-state index is -1.02. The summed E-state index contributed by atoms with van der Waals surface area (Å²) in [5.41, 5.74) is 7.72. The predicted octanol–water partition coefficient (Wildman–Crippen LogP) is 3.37. The second-order valence-corrected chi connectivity index (χ2v) is 7.54. The number of nitrogens with two attached hydrogens (primary N) is 1. The standard InChI is InChI=1S/C21H23NO2.C6H12N2O3/c1-5-10-17(11-6-2)20(18-12-8-7-9-13-18)22-15-14-19(24-4)16(3)21(22)23;7-3-1-2-5(6(10)11)8-4-9/h5-15,20H,1H2,2-4H3;4-5H,1-3,7H2,(H,8,9)(H,10,11)/b11-6-,17-10+;. The van der Waals surface area contributed by atoms with E-state index in [9.17, 15) is 14.4 Å². The van der Waals surface area contributed by atoms with Gasteiger partial charge in [-0.3, -0.25) is 9.59 Å². The number of rotatable bonds is 12. The molecule has 0 bridgehead atoms. The van der Waals surface area contributed by atoms with Crippen LogP contribution in [0.15, 0.2) is 83.8 Å². The number of benzene rings is 1. The van der Waals surface area contributed by atoms with Crippen LogP contribution in [0.25, 0.3) is 0 Å². The zero-order valence-corrected chi connectivity index (χ0v) is 20.5. The molecule has 2 atom stereocenters. The number of nitrogens with one attached hydrogen (secondary N) is 1. The van der Waals surface area contributed by atoms with E-state index in [-0.39, 0.29) is 11.6 Å². The molecule has 188 valence electrons. The Labute approximate surface area is 206 Å². The lowest BCUT2D eigenvalue weighted by molar-refractivity contribution is -0.140. The minimum Gasteiger partial charge on any atom is -0.496 e. The number of carboxylic acid groups (broad SMARTS) is 1. The zero-order chi connectivity index (χ0) is 26.2. The molecule has 0 aliphatic rings. The van der Waals surface area contributed by atoms with Crippen LogP contribution in [0.3, 0.4) is 0 Å². The van der Waals surface area contributed by atoms with Crippen molar-refractivity contribution in [2.75, 3.05) is 13.7 Å². The topological polar surface area (TPSA) is 124 Å². The Morgan fingerprint density at radius 1 is 1.29 bits per heavy atom. The number of hydrogen-bond acceptors (Lipinski definition) is 5. The van der Waals surface area contributed by atoms with Crippen LogP contribution in [0, 0.1) is 6.92 Å². The lowest BCUT2D eigenvalue weighted by Gasteiger charge is -2.23. The first-order valence-electron chi connectivity index (χ1n) is 11.2. The third-order valence-corrected chi connectivity index (χ3v) is 5.17. The quantitative estimate of drug-likeness (QED) is 0.315. The Bertz CT molecular complexity index is 1070. The fraction of sp³-hybridized carbons (Fsp3) is 0.296. The average Bonchev–Trinajstić information content (AvgIpc) is 2.86. The van der Waals surface area contributed by atoms with E-state index in [1.807, 2.05) is 61.5 Å². The van der Waals surface area contributed by atoms with E-state index in [4.69, 9.17) is 15.6 Å². The van der Waals surface area contributed by atoms with Crippen LogP contribution in [-0.2, 0) is 9.59 Å². The Balaban J connectivity index is 0.000000471. The lowest BCUT2D eigenvalue weighted by Crippen LogP contribution is -2.35. The molecule has 35 heavy (non-hydrogen) atoms. The Kier molecular flexibility index (Phi) is 13.2. The smallest absolute Gasteiger partial charge is 0.326 e. The van der Waals surface area contributed by atoms with Gasteiger partial charge < -0.3 is 25.5 Å². The number of amides is 1. The number of aromatic nitrogens is 1. The number of methoxy groups -OCH3 is 1. The maximum Gasteiger partial charge on any atom is 0.326 e. The molecule has 1 heterocycles. The van der Waals surface area contributed by atoms with E-state index < -0.39 is 12.0 Å². The first-order valence-corrected chi connectivity index (χ1v) is 11.2. The molecule has 1 amide bonds. The van der Waals surface area contributed by atoms with Gasteiger partial charge >= 0.3 is 5.97 Å². The van der Waals surface area contributed by atoms with Crippen LogP contribution in [0.1, 0.15) is 36.9 Å². The van der Waals surface area contributed by atoms with Crippen molar-refractivity contribution in [2.45, 2.75) is 38.8 Å². The van der Waals surface area contributed by atoms with Gasteiger partial charge in [0, 0.05) is 6.20 Å². The van der Waals surface area contributed by atoms with Crippen molar-refractivity contribution in [3.63, 3.8) is 0 Å². The van der Waals surface area contributed by atoms with Gasteiger partial charge in [-0.25, -0.2) is 4.79 Å². The molecule has 8 heteroatoms. The normalized spacial score (nSPS) is 12.7. The third-order valence-electron chi connectivity index (χ3n) is 5.17. The molecule has 0 fully saturated rings. The number of aliphatic carboxylic acids is 1. The number of carbonyl (C=O) groups excluding carboxylic acids is 1. The van der Waals surface area contributed by atoms with Gasteiger partial charge in [0.25, 0.3) is 5.56 Å². The fourth-order valence-electron chi connectivity index (χ4n) is 3.46. The molecule has 0 radical (unpaired) electrons. The number of nitrogens with zero attached hydrogens (tertiary/aromatic N) is 1. The summed E-state index contributed by atoms with van der Waals surface area (Å²) in [6, 6.07) is 10.8. The highest BCUT2D eigenvalue weighted by atomic mass is 16.5. The monoisotopic (exact) mass is 481 g/mol. The van der Waals surface area contributed by atoms with Gasteiger partial charge in [0.05, 0.1) is 18.7 Å². The molecule has 1 aromatic heterocycles. The highest BCUT2D eigenvalue weighted by Crippen LogP contribution is 2.27. The van der Waals surface area contributed by atoms with E-state index in [0.717, 1.165) is 11.1 Å². The minimum absolute atomic E-state index is 0.0670.